The van der Waals surface area contributed by atoms with Gasteiger partial charge in [0.05, 0.1) is 5.69 Å². The number of carbonyl (C=O) groups is 1. The Labute approximate surface area is 105 Å². The maximum atomic E-state index is 11.6. The number of unbranched alkanes of at least 4 members (excludes halogenated alkanes) is 1. The molecule has 0 aromatic heterocycles. The Hall–Kier alpha value is -1.27. The van der Waals surface area contributed by atoms with E-state index in [2.05, 4.69) is 27.2 Å². The second-order valence-electron chi connectivity index (χ2n) is 3.38. The molecule has 0 fully saturated rings. The quantitative estimate of drug-likeness (QED) is 0.501. The van der Waals surface area contributed by atoms with Crippen molar-refractivity contribution >= 4 is 27.5 Å². The van der Waals surface area contributed by atoms with Crippen LogP contribution in [0.5, 0.6) is 0 Å². The summed E-state index contributed by atoms with van der Waals surface area (Å²) in [5, 5.41) is 3.76. The fourth-order valence-electron chi connectivity index (χ4n) is 1.31. The molecule has 0 aliphatic rings. The van der Waals surface area contributed by atoms with Crippen LogP contribution in [0.2, 0.25) is 0 Å². The molecule has 0 bridgehead atoms. The average molecular weight is 280 g/mol. The van der Waals surface area contributed by atoms with Crippen LogP contribution in [0.3, 0.4) is 0 Å². The van der Waals surface area contributed by atoms with Gasteiger partial charge in [-0.15, -0.1) is 6.42 Å². The molecule has 0 unspecified atom stereocenters. The molecule has 0 heterocycles. The van der Waals surface area contributed by atoms with Crippen molar-refractivity contribution in [2.24, 2.45) is 0 Å². The third-order valence-corrected chi connectivity index (χ3v) is 2.70. The lowest BCUT2D eigenvalue weighted by Crippen LogP contribution is -2.12. The van der Waals surface area contributed by atoms with Crippen molar-refractivity contribution in [1.29, 1.82) is 0 Å². The number of anilines is 1. The van der Waals surface area contributed by atoms with Crippen molar-refractivity contribution in [2.75, 3.05) is 10.6 Å². The minimum Gasteiger partial charge on any atom is -0.325 e. The summed E-state index contributed by atoms with van der Waals surface area (Å²) in [5.41, 5.74) is 1.44. The predicted molar refractivity (Wildman–Crippen MR) is 70.7 cm³/mol. The molecule has 0 aliphatic heterocycles. The second-order valence-corrected chi connectivity index (χ2v) is 4.18. The zero-order chi connectivity index (χ0) is 11.8. The summed E-state index contributed by atoms with van der Waals surface area (Å²) in [4.78, 5) is 11.6. The van der Waals surface area contributed by atoms with Crippen molar-refractivity contribution in [1.82, 2.24) is 0 Å². The first kappa shape index (κ1) is 12.8. The van der Waals surface area contributed by atoms with E-state index >= 15 is 0 Å². The highest BCUT2D eigenvalue weighted by atomic mass is 79.9. The molecule has 0 spiro atoms. The topological polar surface area (TPSA) is 29.1 Å². The van der Waals surface area contributed by atoms with Gasteiger partial charge in [0.2, 0.25) is 5.91 Å². The molecular weight excluding hydrogens is 266 g/mol. The van der Waals surface area contributed by atoms with E-state index in [0.717, 1.165) is 23.7 Å². The first-order chi connectivity index (χ1) is 7.77. The third-order valence-electron chi connectivity index (χ3n) is 2.14. The summed E-state index contributed by atoms with van der Waals surface area (Å²) in [6.07, 6.45) is 7.76. The summed E-state index contributed by atoms with van der Waals surface area (Å²) in [5.74, 6) is 2.56. The van der Waals surface area contributed by atoms with Crippen molar-refractivity contribution < 1.29 is 4.79 Å². The SMILES string of the molecule is C#Cc1ccccc1NC(=O)CCCCBr. The number of nitrogens with one attached hydrogen (secondary N) is 1. The molecule has 2 nitrogen and oxygen atoms in total. The number of rotatable bonds is 5. The number of hydrogen-bond donors (Lipinski definition) is 1. The Morgan fingerprint density at radius 2 is 2.12 bits per heavy atom. The number of amides is 1. The molecular formula is C13H14BrNO. The molecule has 0 saturated heterocycles. The van der Waals surface area contributed by atoms with Crippen LogP contribution in [0.25, 0.3) is 0 Å². The van der Waals surface area contributed by atoms with E-state index in [1.165, 1.54) is 0 Å². The summed E-state index contributed by atoms with van der Waals surface area (Å²) in [7, 11) is 0. The summed E-state index contributed by atoms with van der Waals surface area (Å²) in [6, 6.07) is 7.34. The van der Waals surface area contributed by atoms with E-state index in [-0.39, 0.29) is 5.91 Å². The molecule has 1 rings (SSSR count). The number of halogens is 1. The molecule has 0 atom stereocenters. The van der Waals surface area contributed by atoms with Crippen LogP contribution in [-0.2, 0) is 4.79 Å². The Bertz CT molecular complexity index is 395. The zero-order valence-electron chi connectivity index (χ0n) is 9.00. The van der Waals surface area contributed by atoms with Gasteiger partial charge in [0.25, 0.3) is 0 Å². The largest absolute Gasteiger partial charge is 0.325 e. The van der Waals surface area contributed by atoms with Crippen LogP contribution in [0.4, 0.5) is 5.69 Å². The van der Waals surface area contributed by atoms with Crippen molar-refractivity contribution in [3.63, 3.8) is 0 Å². The van der Waals surface area contributed by atoms with E-state index < -0.39 is 0 Å². The highest BCUT2D eigenvalue weighted by Gasteiger charge is 2.04. The lowest BCUT2D eigenvalue weighted by atomic mass is 10.1. The monoisotopic (exact) mass is 279 g/mol. The molecule has 1 aromatic carbocycles. The van der Waals surface area contributed by atoms with Crippen LogP contribution >= 0.6 is 15.9 Å². The van der Waals surface area contributed by atoms with Gasteiger partial charge in [0.1, 0.15) is 0 Å². The first-order valence-electron chi connectivity index (χ1n) is 5.19. The van der Waals surface area contributed by atoms with Crippen LogP contribution in [-0.4, -0.2) is 11.2 Å². The van der Waals surface area contributed by atoms with E-state index in [0.29, 0.717) is 12.1 Å². The first-order valence-corrected chi connectivity index (χ1v) is 6.31. The lowest BCUT2D eigenvalue weighted by Gasteiger charge is -2.06. The molecule has 0 saturated carbocycles. The van der Waals surface area contributed by atoms with Gasteiger partial charge in [-0.05, 0) is 25.0 Å². The van der Waals surface area contributed by atoms with Crippen LogP contribution in [0.15, 0.2) is 24.3 Å². The van der Waals surface area contributed by atoms with Crippen molar-refractivity contribution in [3.05, 3.63) is 29.8 Å². The molecule has 1 aromatic rings. The second kappa shape index (κ2) is 7.08. The highest BCUT2D eigenvalue weighted by molar-refractivity contribution is 9.09. The minimum absolute atomic E-state index is 0.0173. The summed E-state index contributed by atoms with van der Waals surface area (Å²) >= 11 is 3.33. The maximum absolute atomic E-state index is 11.6. The predicted octanol–water partition coefficient (Wildman–Crippen LogP) is 3.17. The van der Waals surface area contributed by atoms with Gasteiger partial charge in [-0.2, -0.15) is 0 Å². The number of carbonyl (C=O) groups excluding carboxylic acids is 1. The number of para-hydroxylation sites is 1. The molecule has 84 valence electrons. The van der Waals surface area contributed by atoms with Crippen LogP contribution in [0, 0.1) is 12.3 Å². The molecule has 1 amide bonds. The number of benzene rings is 1. The maximum Gasteiger partial charge on any atom is 0.224 e. The van der Waals surface area contributed by atoms with Gasteiger partial charge in [0.15, 0.2) is 0 Å². The van der Waals surface area contributed by atoms with Gasteiger partial charge < -0.3 is 5.32 Å². The number of alkyl halides is 1. The Kier molecular flexibility index (Phi) is 5.66. The van der Waals surface area contributed by atoms with E-state index in [4.69, 9.17) is 6.42 Å². The van der Waals surface area contributed by atoms with E-state index in [9.17, 15) is 4.79 Å². The number of terminal acetylenes is 1. The average Bonchev–Trinajstić information content (AvgIpc) is 2.30. The summed E-state index contributed by atoms with van der Waals surface area (Å²) in [6.45, 7) is 0. The lowest BCUT2D eigenvalue weighted by molar-refractivity contribution is -0.116. The van der Waals surface area contributed by atoms with Gasteiger partial charge in [-0.25, -0.2) is 0 Å². The molecule has 0 radical (unpaired) electrons. The molecule has 3 heteroatoms. The molecule has 0 aliphatic carbocycles. The van der Waals surface area contributed by atoms with Crippen molar-refractivity contribution in [3.8, 4) is 12.3 Å². The smallest absolute Gasteiger partial charge is 0.224 e. The normalized spacial score (nSPS) is 9.50. The van der Waals surface area contributed by atoms with Crippen molar-refractivity contribution in [2.45, 2.75) is 19.3 Å². The Morgan fingerprint density at radius 1 is 1.38 bits per heavy atom. The Morgan fingerprint density at radius 3 is 2.81 bits per heavy atom. The summed E-state index contributed by atoms with van der Waals surface area (Å²) < 4.78 is 0. The van der Waals surface area contributed by atoms with Gasteiger partial charge >= 0.3 is 0 Å². The minimum atomic E-state index is 0.0173. The fraction of sp³-hybridized carbons (Fsp3) is 0.308. The van der Waals surface area contributed by atoms with Crippen LogP contribution in [0.1, 0.15) is 24.8 Å². The van der Waals surface area contributed by atoms with Gasteiger partial charge in [-0.3, -0.25) is 4.79 Å². The van der Waals surface area contributed by atoms with Crippen LogP contribution < -0.4 is 5.32 Å². The molecule has 16 heavy (non-hydrogen) atoms. The highest BCUT2D eigenvalue weighted by Crippen LogP contribution is 2.14. The van der Waals surface area contributed by atoms with Gasteiger partial charge in [0, 0.05) is 17.3 Å². The molecule has 1 N–H and O–H groups in total. The van der Waals surface area contributed by atoms with E-state index in [1.54, 1.807) is 0 Å². The van der Waals surface area contributed by atoms with Gasteiger partial charge in [-0.1, -0.05) is 34.0 Å². The number of hydrogen-bond acceptors (Lipinski definition) is 1. The fourth-order valence-corrected chi connectivity index (χ4v) is 1.71. The standard InChI is InChI=1S/C13H14BrNO/c1-2-11-7-3-4-8-12(11)15-13(16)9-5-6-10-14/h1,3-4,7-8H,5-6,9-10H2,(H,15,16). The third kappa shape index (κ3) is 4.08. The van der Waals surface area contributed by atoms with E-state index in [1.807, 2.05) is 24.3 Å². The zero-order valence-corrected chi connectivity index (χ0v) is 10.6. The Balaban J connectivity index is 2.53.